The van der Waals surface area contributed by atoms with Crippen LogP contribution in [0.15, 0.2) is 89.8 Å². The second-order valence-electron chi connectivity index (χ2n) is 11.7. The first-order valence-electron chi connectivity index (χ1n) is 14.7. The lowest BCUT2D eigenvalue weighted by Gasteiger charge is -2.29. The van der Waals surface area contributed by atoms with Crippen LogP contribution in [0.1, 0.15) is 64.9 Å². The van der Waals surface area contributed by atoms with Crippen LogP contribution < -0.4 is 9.62 Å². The van der Waals surface area contributed by atoms with Crippen molar-refractivity contribution in [1.82, 2.24) is 9.71 Å². The van der Waals surface area contributed by atoms with Crippen LogP contribution in [0.2, 0.25) is 0 Å². The van der Waals surface area contributed by atoms with Crippen molar-refractivity contribution < 1.29 is 30.8 Å². The Morgan fingerprint density at radius 2 is 1.76 bits per heavy atom. The van der Waals surface area contributed by atoms with Gasteiger partial charge >= 0.3 is 6.18 Å². The predicted octanol–water partition coefficient (Wildman–Crippen LogP) is 7.24. The van der Waals surface area contributed by atoms with Crippen molar-refractivity contribution in [2.24, 2.45) is 5.92 Å². The SMILES string of the molecule is Cc1cccc(CN(C(=O)C2CC2c2ccc(C(F)(F)F)cc2)c2ccc3c(c2)C(NS(=O)(=O)c2cccc(F)c2)CCC3)n1. The van der Waals surface area contributed by atoms with Gasteiger partial charge in [-0.15, -0.1) is 0 Å². The number of benzene rings is 3. The molecule has 3 unspecified atom stereocenters. The Morgan fingerprint density at radius 1 is 1.00 bits per heavy atom. The van der Waals surface area contributed by atoms with Crippen LogP contribution in [0.4, 0.5) is 23.2 Å². The molecule has 1 amide bonds. The molecule has 4 aromatic rings. The average molecular weight is 638 g/mol. The zero-order valence-electron chi connectivity index (χ0n) is 24.4. The number of hydrogen-bond donors (Lipinski definition) is 1. The van der Waals surface area contributed by atoms with Crippen molar-refractivity contribution in [3.63, 3.8) is 0 Å². The summed E-state index contributed by atoms with van der Waals surface area (Å²) in [6, 6.07) is 20.3. The van der Waals surface area contributed by atoms with E-state index in [9.17, 15) is 30.8 Å². The van der Waals surface area contributed by atoms with Crippen molar-refractivity contribution in [1.29, 1.82) is 0 Å². The smallest absolute Gasteiger partial charge is 0.306 e. The first kappa shape index (κ1) is 30.9. The van der Waals surface area contributed by atoms with Crippen molar-refractivity contribution in [2.75, 3.05) is 4.90 Å². The highest BCUT2D eigenvalue weighted by Crippen LogP contribution is 2.49. The highest BCUT2D eigenvalue weighted by molar-refractivity contribution is 7.89. The lowest BCUT2D eigenvalue weighted by Crippen LogP contribution is -2.34. The van der Waals surface area contributed by atoms with Gasteiger partial charge in [-0.2, -0.15) is 13.2 Å². The molecule has 3 atom stereocenters. The van der Waals surface area contributed by atoms with Gasteiger partial charge in [0.2, 0.25) is 15.9 Å². The molecule has 0 radical (unpaired) electrons. The quantitative estimate of drug-likeness (QED) is 0.207. The highest BCUT2D eigenvalue weighted by Gasteiger charge is 2.46. The van der Waals surface area contributed by atoms with E-state index in [0.29, 0.717) is 29.8 Å². The van der Waals surface area contributed by atoms with E-state index in [4.69, 9.17) is 0 Å². The van der Waals surface area contributed by atoms with Gasteiger partial charge in [0, 0.05) is 23.3 Å². The van der Waals surface area contributed by atoms with E-state index in [2.05, 4.69) is 9.71 Å². The van der Waals surface area contributed by atoms with Crippen LogP contribution in [0.25, 0.3) is 0 Å². The van der Waals surface area contributed by atoms with E-state index >= 15 is 0 Å². The van der Waals surface area contributed by atoms with Crippen LogP contribution in [-0.4, -0.2) is 19.3 Å². The first-order valence-corrected chi connectivity index (χ1v) is 16.2. The molecule has 234 valence electrons. The molecule has 6 rings (SSSR count). The normalized spacial score (nSPS) is 19.5. The Labute approximate surface area is 259 Å². The minimum absolute atomic E-state index is 0.162. The summed E-state index contributed by atoms with van der Waals surface area (Å²) < 4.78 is 82.2. The van der Waals surface area contributed by atoms with Crippen molar-refractivity contribution in [2.45, 2.75) is 62.2 Å². The first-order chi connectivity index (χ1) is 21.4. The summed E-state index contributed by atoms with van der Waals surface area (Å²) in [5.74, 6) is -1.48. The third kappa shape index (κ3) is 6.79. The molecule has 2 aliphatic carbocycles. The molecule has 11 heteroatoms. The third-order valence-electron chi connectivity index (χ3n) is 8.47. The fourth-order valence-electron chi connectivity index (χ4n) is 6.07. The maximum Gasteiger partial charge on any atom is 0.416 e. The Kier molecular flexibility index (Phi) is 8.26. The number of pyridine rings is 1. The maximum absolute atomic E-state index is 14.1. The number of rotatable bonds is 8. The van der Waals surface area contributed by atoms with Crippen LogP contribution >= 0.6 is 0 Å². The molecule has 2 aliphatic rings. The Morgan fingerprint density at radius 3 is 2.47 bits per heavy atom. The molecule has 1 aromatic heterocycles. The number of carbonyl (C=O) groups excluding carboxylic acids is 1. The van der Waals surface area contributed by atoms with Crippen LogP contribution in [0.3, 0.4) is 0 Å². The van der Waals surface area contributed by atoms with Gasteiger partial charge < -0.3 is 4.90 Å². The summed E-state index contributed by atoms with van der Waals surface area (Å²) in [6.07, 6.45) is -1.93. The van der Waals surface area contributed by atoms with E-state index < -0.39 is 39.5 Å². The molecule has 0 aliphatic heterocycles. The van der Waals surface area contributed by atoms with Crippen molar-refractivity contribution in [3.8, 4) is 0 Å². The highest BCUT2D eigenvalue weighted by atomic mass is 32.2. The number of aryl methyl sites for hydroxylation is 2. The summed E-state index contributed by atoms with van der Waals surface area (Å²) in [6.45, 7) is 2.01. The molecule has 1 fully saturated rings. The number of nitrogens with one attached hydrogen (secondary N) is 1. The van der Waals surface area contributed by atoms with E-state index in [1.807, 2.05) is 43.3 Å². The number of amides is 1. The van der Waals surface area contributed by atoms with Crippen molar-refractivity contribution in [3.05, 3.63) is 124 Å². The molecule has 1 N–H and O–H groups in total. The molecular weight excluding hydrogens is 606 g/mol. The molecule has 0 bridgehead atoms. The number of halogens is 4. The Balaban J connectivity index is 1.30. The number of hydrogen-bond acceptors (Lipinski definition) is 4. The monoisotopic (exact) mass is 637 g/mol. The summed E-state index contributed by atoms with van der Waals surface area (Å²) >= 11 is 0. The average Bonchev–Trinajstić information content (AvgIpc) is 3.80. The number of carbonyl (C=O) groups is 1. The topological polar surface area (TPSA) is 79.4 Å². The Hall–Kier alpha value is -4.09. The number of sulfonamides is 1. The molecule has 0 saturated heterocycles. The number of anilines is 1. The second-order valence-corrected chi connectivity index (χ2v) is 13.4. The number of fused-ring (bicyclic) bond motifs is 1. The van der Waals surface area contributed by atoms with Gasteiger partial charge in [0.1, 0.15) is 5.82 Å². The lowest BCUT2D eigenvalue weighted by molar-refractivity contribution is -0.137. The van der Waals surface area contributed by atoms with Crippen LogP contribution in [0, 0.1) is 18.7 Å². The second kappa shape index (κ2) is 12.0. The van der Waals surface area contributed by atoms with Gasteiger partial charge in [0.25, 0.3) is 0 Å². The third-order valence-corrected chi connectivity index (χ3v) is 9.93. The molecule has 45 heavy (non-hydrogen) atoms. The molecule has 3 aromatic carbocycles. The zero-order valence-corrected chi connectivity index (χ0v) is 25.2. The van der Waals surface area contributed by atoms with E-state index in [0.717, 1.165) is 47.9 Å². The van der Waals surface area contributed by atoms with Gasteiger partial charge in [-0.1, -0.05) is 30.3 Å². The molecule has 0 spiro atoms. The fourth-order valence-corrected chi connectivity index (χ4v) is 7.35. The molecule has 1 saturated carbocycles. The van der Waals surface area contributed by atoms with Gasteiger partial charge in [0.15, 0.2) is 0 Å². The predicted molar refractivity (Wildman–Crippen MR) is 161 cm³/mol. The summed E-state index contributed by atoms with van der Waals surface area (Å²) in [7, 11) is -4.03. The van der Waals surface area contributed by atoms with Gasteiger partial charge in [-0.25, -0.2) is 17.5 Å². The van der Waals surface area contributed by atoms with E-state index in [-0.39, 0.29) is 23.3 Å². The van der Waals surface area contributed by atoms with Crippen molar-refractivity contribution >= 4 is 21.6 Å². The Bertz CT molecular complexity index is 1840. The standard InChI is InChI=1S/C34H31F4N3O3S/c1-21-5-2-8-26(39-21)20-41(33(42)31-19-29(31)23-11-14-24(15-12-23)34(36,37)38)27-16-13-22-6-3-10-32(30(22)18-27)40-45(43,44)28-9-4-7-25(35)17-28/h2,4-5,7-9,11-18,29,31-32,40H,3,6,10,19-20H2,1H3. The van der Waals surface area contributed by atoms with Gasteiger partial charge in [0.05, 0.1) is 22.7 Å². The molecular formula is C34H31F4N3O3S. The minimum Gasteiger partial charge on any atom is -0.306 e. The summed E-state index contributed by atoms with van der Waals surface area (Å²) in [4.78, 5) is 20.1. The maximum atomic E-state index is 14.1. The molecule has 6 nitrogen and oxygen atoms in total. The van der Waals surface area contributed by atoms with E-state index in [1.165, 1.54) is 30.3 Å². The lowest BCUT2D eigenvalue weighted by atomic mass is 9.87. The van der Waals surface area contributed by atoms with Crippen LogP contribution in [-0.2, 0) is 34.0 Å². The largest absolute Gasteiger partial charge is 0.416 e. The summed E-state index contributed by atoms with van der Waals surface area (Å²) in [5.41, 5.74) is 3.64. The number of aromatic nitrogens is 1. The summed E-state index contributed by atoms with van der Waals surface area (Å²) in [5, 5.41) is 0. The minimum atomic E-state index is -4.44. The number of alkyl halides is 3. The molecule has 1 heterocycles. The van der Waals surface area contributed by atoms with Gasteiger partial charge in [-0.3, -0.25) is 9.78 Å². The number of nitrogens with zero attached hydrogens (tertiary/aromatic N) is 2. The fraction of sp³-hybridized carbons (Fsp3) is 0.294. The van der Waals surface area contributed by atoms with Gasteiger partial charge in [-0.05, 0) is 110 Å². The van der Waals surface area contributed by atoms with E-state index in [1.54, 1.807) is 4.90 Å². The van der Waals surface area contributed by atoms with Crippen LogP contribution in [0.5, 0.6) is 0 Å². The zero-order chi connectivity index (χ0) is 31.9.